The normalized spacial score (nSPS) is 16.5. The maximum atomic E-state index is 13.8. The molecule has 6 nitrogen and oxygen atoms in total. The fourth-order valence-electron chi connectivity index (χ4n) is 4.96. The van der Waals surface area contributed by atoms with Gasteiger partial charge >= 0.3 is 5.97 Å². The Kier molecular flexibility index (Phi) is 5.81. The first-order valence-corrected chi connectivity index (χ1v) is 12.6. The monoisotopic (exact) mass is 512 g/mol. The van der Waals surface area contributed by atoms with E-state index in [0.29, 0.717) is 20.6 Å². The van der Waals surface area contributed by atoms with E-state index >= 15 is 0 Å². The van der Waals surface area contributed by atoms with Crippen molar-refractivity contribution in [2.75, 3.05) is 6.61 Å². The largest absolute Gasteiger partial charge is 0.482 e. The lowest BCUT2D eigenvalue weighted by Gasteiger charge is -2.30. The molecule has 1 unspecified atom stereocenters. The Balaban J connectivity index is 1.52. The minimum atomic E-state index is -1.06. The predicted octanol–water partition coefficient (Wildman–Crippen LogP) is 3.92. The summed E-state index contributed by atoms with van der Waals surface area (Å²) in [6, 6.07) is 21.0. The van der Waals surface area contributed by atoms with Crippen LogP contribution in [0, 0.1) is 5.82 Å². The third-order valence-corrected chi connectivity index (χ3v) is 7.56. The van der Waals surface area contributed by atoms with Gasteiger partial charge in [-0.25, -0.2) is 14.2 Å². The van der Waals surface area contributed by atoms with Crippen molar-refractivity contribution in [2.45, 2.75) is 18.9 Å². The van der Waals surface area contributed by atoms with Crippen LogP contribution in [0.1, 0.15) is 34.7 Å². The van der Waals surface area contributed by atoms with Crippen molar-refractivity contribution < 1.29 is 19.0 Å². The summed E-state index contributed by atoms with van der Waals surface area (Å²) in [4.78, 5) is 30.2. The molecule has 8 heteroatoms. The molecule has 184 valence electrons. The Morgan fingerprint density at radius 3 is 2.73 bits per heavy atom. The van der Waals surface area contributed by atoms with Crippen LogP contribution < -0.4 is 19.6 Å². The average molecular weight is 513 g/mol. The third kappa shape index (κ3) is 4.29. The highest BCUT2D eigenvalue weighted by atomic mass is 32.1. The summed E-state index contributed by atoms with van der Waals surface area (Å²) < 4.78 is 21.3. The minimum Gasteiger partial charge on any atom is -0.482 e. The molecule has 1 atom stereocenters. The summed E-state index contributed by atoms with van der Waals surface area (Å²) in [5.41, 5.74) is 5.58. The summed E-state index contributed by atoms with van der Waals surface area (Å²) in [6.45, 7) is -0.448. The summed E-state index contributed by atoms with van der Waals surface area (Å²) in [5.74, 6) is -0.991. The average Bonchev–Trinajstić information content (AvgIpc) is 3.21. The third-order valence-electron chi connectivity index (χ3n) is 6.58. The van der Waals surface area contributed by atoms with Crippen molar-refractivity contribution >= 4 is 29.1 Å². The molecule has 2 aliphatic rings. The van der Waals surface area contributed by atoms with Crippen LogP contribution in [0.4, 0.5) is 4.39 Å². The number of benzene rings is 3. The highest BCUT2D eigenvalue weighted by Gasteiger charge is 2.32. The number of hydrogen-bond acceptors (Lipinski definition) is 5. The number of fused-ring (bicyclic) bond motifs is 3. The van der Waals surface area contributed by atoms with Crippen LogP contribution in [-0.2, 0) is 11.2 Å². The van der Waals surface area contributed by atoms with E-state index in [0.717, 1.165) is 35.2 Å². The Bertz CT molecular complexity index is 1750. The fraction of sp³-hybridized carbons (Fsp3) is 0.138. The van der Waals surface area contributed by atoms with Crippen LogP contribution in [0.2, 0.25) is 0 Å². The van der Waals surface area contributed by atoms with Gasteiger partial charge in [0, 0.05) is 5.56 Å². The van der Waals surface area contributed by atoms with Crippen molar-refractivity contribution in [3.05, 3.63) is 126 Å². The van der Waals surface area contributed by atoms with E-state index in [-0.39, 0.29) is 17.4 Å². The van der Waals surface area contributed by atoms with Gasteiger partial charge < -0.3 is 9.84 Å². The molecule has 4 aromatic rings. The minimum absolute atomic E-state index is 0.180. The number of hydrogen-bond donors (Lipinski definition) is 1. The second-order valence-electron chi connectivity index (χ2n) is 8.92. The molecule has 6 rings (SSSR count). The quantitative estimate of drug-likeness (QED) is 0.440. The van der Waals surface area contributed by atoms with Crippen LogP contribution in [0.5, 0.6) is 5.75 Å². The molecular formula is C29H21FN2O4S. The number of carboxylic acids is 1. The molecule has 1 N–H and O–H groups in total. The molecular weight excluding hydrogens is 491 g/mol. The number of carbonyl (C=O) groups is 1. The van der Waals surface area contributed by atoms with Gasteiger partial charge in [0.05, 0.1) is 16.3 Å². The lowest BCUT2D eigenvalue weighted by molar-refractivity contribution is -0.139. The van der Waals surface area contributed by atoms with E-state index in [1.807, 2.05) is 18.2 Å². The molecule has 0 saturated heterocycles. The van der Waals surface area contributed by atoms with Gasteiger partial charge in [0.15, 0.2) is 11.4 Å². The molecule has 1 aliphatic carbocycles. The van der Waals surface area contributed by atoms with Crippen LogP contribution >= 0.6 is 11.3 Å². The Labute approximate surface area is 214 Å². The van der Waals surface area contributed by atoms with Crippen molar-refractivity contribution in [2.24, 2.45) is 4.99 Å². The van der Waals surface area contributed by atoms with Gasteiger partial charge in [-0.3, -0.25) is 9.36 Å². The predicted molar refractivity (Wildman–Crippen MR) is 139 cm³/mol. The molecule has 37 heavy (non-hydrogen) atoms. The molecule has 2 heterocycles. The van der Waals surface area contributed by atoms with Crippen molar-refractivity contribution in [1.29, 1.82) is 0 Å². The van der Waals surface area contributed by atoms with E-state index in [2.05, 4.69) is 12.1 Å². The van der Waals surface area contributed by atoms with Crippen LogP contribution in [0.25, 0.3) is 11.8 Å². The molecule has 0 amide bonds. The first kappa shape index (κ1) is 23.1. The number of aryl methyl sites for hydroxylation is 1. The van der Waals surface area contributed by atoms with Crippen LogP contribution in [0.15, 0.2) is 88.2 Å². The Hall–Kier alpha value is -4.30. The van der Waals surface area contributed by atoms with E-state index < -0.39 is 12.6 Å². The molecule has 0 fully saturated rings. The number of carboxylic acid groups (broad SMARTS) is 1. The maximum Gasteiger partial charge on any atom is 0.341 e. The van der Waals surface area contributed by atoms with E-state index in [4.69, 9.17) is 14.8 Å². The summed E-state index contributed by atoms with van der Waals surface area (Å²) >= 11 is 1.30. The number of rotatable bonds is 5. The first-order valence-electron chi connectivity index (χ1n) is 11.8. The summed E-state index contributed by atoms with van der Waals surface area (Å²) in [6.07, 6.45) is 3.36. The van der Waals surface area contributed by atoms with Gasteiger partial charge in [0.25, 0.3) is 5.56 Å². The standard InChI is InChI=1S/C29H21FN2O4S/c30-20-11-8-19(9-12-20)27-23-13-10-18-5-1-2-7-22(18)26(23)31-29-32(27)28(35)24(37-29)15-17-4-3-6-21(14-17)36-16-25(33)34/h1-9,11-12,14-15,27H,10,13,16H2,(H,33,34)/b24-15+. The zero-order valence-corrected chi connectivity index (χ0v) is 20.4. The van der Waals surface area contributed by atoms with Gasteiger partial charge in [-0.1, -0.05) is 59.9 Å². The maximum absolute atomic E-state index is 13.8. The number of nitrogens with zero attached hydrogens (tertiary/aromatic N) is 2. The van der Waals surface area contributed by atoms with Crippen molar-refractivity contribution in [3.63, 3.8) is 0 Å². The van der Waals surface area contributed by atoms with E-state index in [1.165, 1.54) is 29.0 Å². The molecule has 1 aromatic heterocycles. The van der Waals surface area contributed by atoms with E-state index in [1.54, 1.807) is 41.0 Å². The highest BCUT2D eigenvalue weighted by Crippen LogP contribution is 2.41. The lowest BCUT2D eigenvalue weighted by Crippen LogP contribution is -2.38. The lowest BCUT2D eigenvalue weighted by atomic mass is 9.83. The first-order chi connectivity index (χ1) is 18.0. The number of aromatic nitrogens is 1. The number of allylic oxidation sites excluding steroid dienone is 1. The zero-order valence-electron chi connectivity index (χ0n) is 19.6. The smallest absolute Gasteiger partial charge is 0.341 e. The Morgan fingerprint density at radius 2 is 1.92 bits per heavy atom. The number of halogens is 1. The second-order valence-corrected chi connectivity index (χ2v) is 9.93. The topological polar surface area (TPSA) is 80.9 Å². The molecule has 0 bridgehead atoms. The SMILES string of the molecule is O=C(O)COc1cccc(/C=c2/sc3n(c2=O)C(c2ccc(F)cc2)C2=C(N=3)c3ccccc3CC2)c1. The second kappa shape index (κ2) is 9.29. The number of thiazole rings is 1. The van der Waals surface area contributed by atoms with Crippen LogP contribution in [-0.4, -0.2) is 22.2 Å². The highest BCUT2D eigenvalue weighted by molar-refractivity contribution is 7.07. The molecule has 3 aromatic carbocycles. The molecule has 1 aliphatic heterocycles. The fourth-order valence-corrected chi connectivity index (χ4v) is 5.96. The number of ether oxygens (including phenoxy) is 1. The molecule has 0 saturated carbocycles. The molecule has 0 spiro atoms. The summed E-state index contributed by atoms with van der Waals surface area (Å²) in [5, 5.41) is 8.88. The number of aliphatic carboxylic acids is 1. The van der Waals surface area contributed by atoms with Gasteiger partial charge in [0.2, 0.25) is 0 Å². The van der Waals surface area contributed by atoms with Gasteiger partial charge in [-0.15, -0.1) is 0 Å². The van der Waals surface area contributed by atoms with Crippen LogP contribution in [0.3, 0.4) is 0 Å². The Morgan fingerprint density at radius 1 is 1.11 bits per heavy atom. The summed E-state index contributed by atoms with van der Waals surface area (Å²) in [7, 11) is 0. The van der Waals surface area contributed by atoms with Gasteiger partial charge in [0.1, 0.15) is 11.6 Å². The van der Waals surface area contributed by atoms with Crippen molar-refractivity contribution in [1.82, 2.24) is 4.57 Å². The molecule has 0 radical (unpaired) electrons. The van der Waals surface area contributed by atoms with E-state index in [9.17, 15) is 14.0 Å². The zero-order chi connectivity index (χ0) is 25.5. The van der Waals surface area contributed by atoms with Crippen molar-refractivity contribution in [3.8, 4) is 5.75 Å². The van der Waals surface area contributed by atoms with Gasteiger partial charge in [-0.2, -0.15) is 0 Å². The van der Waals surface area contributed by atoms with Gasteiger partial charge in [-0.05, 0) is 65.4 Å².